The van der Waals surface area contributed by atoms with Crippen LogP contribution in [0.1, 0.15) is 13.8 Å². The Morgan fingerprint density at radius 1 is 1.13 bits per heavy atom. The number of ether oxygens (including phenoxy) is 2. The van der Waals surface area contributed by atoms with Crippen LogP contribution in [0.2, 0.25) is 0 Å². The Hall–Kier alpha value is -0.160. The molecule has 15 heavy (non-hydrogen) atoms. The van der Waals surface area contributed by atoms with E-state index in [-0.39, 0.29) is 0 Å². The molecule has 0 bridgehead atoms. The third-order valence-electron chi connectivity index (χ3n) is 3.53. The highest BCUT2D eigenvalue weighted by Gasteiger charge is 2.41. The van der Waals surface area contributed by atoms with E-state index in [0.29, 0.717) is 17.7 Å². The first-order valence-corrected chi connectivity index (χ1v) is 5.84. The average Bonchev–Trinajstić information content (AvgIpc) is 2.95. The summed E-state index contributed by atoms with van der Waals surface area (Å²) in [5.41, 5.74) is 0.292. The van der Waals surface area contributed by atoms with Crippen molar-refractivity contribution < 1.29 is 9.47 Å². The molecule has 0 amide bonds. The molecule has 3 aliphatic heterocycles. The summed E-state index contributed by atoms with van der Waals surface area (Å²) >= 11 is 0. The van der Waals surface area contributed by atoms with Gasteiger partial charge < -0.3 is 9.47 Å². The van der Waals surface area contributed by atoms with E-state index in [1.165, 1.54) is 0 Å². The fourth-order valence-electron chi connectivity index (χ4n) is 2.44. The molecule has 0 N–H and O–H groups in total. The molecule has 4 nitrogen and oxygen atoms in total. The Balaban J connectivity index is 1.56. The second kappa shape index (κ2) is 3.42. The van der Waals surface area contributed by atoms with Gasteiger partial charge in [0.2, 0.25) is 0 Å². The zero-order valence-corrected chi connectivity index (χ0v) is 9.61. The van der Waals surface area contributed by atoms with E-state index < -0.39 is 0 Å². The van der Waals surface area contributed by atoms with Crippen LogP contribution in [0.3, 0.4) is 0 Å². The highest BCUT2D eigenvalue weighted by molar-refractivity contribution is 4.94. The van der Waals surface area contributed by atoms with Crippen LogP contribution in [0.25, 0.3) is 0 Å². The lowest BCUT2D eigenvalue weighted by molar-refractivity contribution is 0.156. The minimum atomic E-state index is 0.292. The fraction of sp³-hybridized carbons (Fsp3) is 1.00. The Morgan fingerprint density at radius 2 is 1.73 bits per heavy atom. The standard InChI is InChI=1S/C11H20N2O2/c1-11(2)7-12(3-9-5-14-9)8-13(11)4-10-6-15-10/h9-10H,3-8H2,1-2H3. The predicted molar refractivity (Wildman–Crippen MR) is 56.7 cm³/mol. The van der Waals surface area contributed by atoms with Crippen molar-refractivity contribution in [2.45, 2.75) is 31.6 Å². The Bertz CT molecular complexity index is 249. The molecule has 3 fully saturated rings. The lowest BCUT2D eigenvalue weighted by Gasteiger charge is -2.29. The SMILES string of the molecule is CC1(C)CN(CC2CO2)CN1CC1CO1. The zero-order chi connectivity index (χ0) is 10.5. The largest absolute Gasteiger partial charge is 0.372 e. The topological polar surface area (TPSA) is 31.5 Å². The van der Waals surface area contributed by atoms with Gasteiger partial charge in [0.15, 0.2) is 0 Å². The molecule has 0 aromatic rings. The summed E-state index contributed by atoms with van der Waals surface area (Å²) in [4.78, 5) is 5.03. The van der Waals surface area contributed by atoms with Gasteiger partial charge in [0.1, 0.15) is 0 Å². The number of nitrogens with zero attached hydrogens (tertiary/aromatic N) is 2. The van der Waals surface area contributed by atoms with Crippen LogP contribution < -0.4 is 0 Å². The van der Waals surface area contributed by atoms with Gasteiger partial charge in [0.25, 0.3) is 0 Å². The maximum atomic E-state index is 5.31. The van der Waals surface area contributed by atoms with Crippen LogP contribution in [0.4, 0.5) is 0 Å². The first-order chi connectivity index (χ1) is 7.13. The van der Waals surface area contributed by atoms with Crippen molar-refractivity contribution in [3.05, 3.63) is 0 Å². The summed E-state index contributed by atoms with van der Waals surface area (Å²) in [6.07, 6.45) is 1.01. The molecular formula is C11H20N2O2. The van der Waals surface area contributed by atoms with E-state index >= 15 is 0 Å². The normalized spacial score (nSPS) is 39.6. The Morgan fingerprint density at radius 3 is 2.33 bits per heavy atom. The van der Waals surface area contributed by atoms with Crippen molar-refractivity contribution in [1.29, 1.82) is 0 Å². The van der Waals surface area contributed by atoms with E-state index in [2.05, 4.69) is 23.6 Å². The third-order valence-corrected chi connectivity index (χ3v) is 3.53. The predicted octanol–water partition coefficient (Wildman–Crippen LogP) is 0.138. The first kappa shape index (κ1) is 10.0. The van der Waals surface area contributed by atoms with Crippen molar-refractivity contribution >= 4 is 0 Å². The van der Waals surface area contributed by atoms with E-state index in [1.807, 2.05) is 0 Å². The molecular weight excluding hydrogens is 192 g/mol. The molecule has 86 valence electrons. The van der Waals surface area contributed by atoms with E-state index in [0.717, 1.165) is 39.5 Å². The molecule has 2 atom stereocenters. The lowest BCUT2D eigenvalue weighted by atomic mass is 10.1. The molecule has 0 aliphatic carbocycles. The summed E-state index contributed by atoms with van der Waals surface area (Å²) < 4.78 is 10.6. The molecule has 0 aromatic heterocycles. The van der Waals surface area contributed by atoms with Gasteiger partial charge in [-0.2, -0.15) is 0 Å². The van der Waals surface area contributed by atoms with Crippen molar-refractivity contribution in [3.63, 3.8) is 0 Å². The van der Waals surface area contributed by atoms with Crippen LogP contribution in [0, 0.1) is 0 Å². The Labute approximate surface area is 91.1 Å². The lowest BCUT2D eigenvalue weighted by Crippen LogP contribution is -2.42. The van der Waals surface area contributed by atoms with Gasteiger partial charge in [-0.3, -0.25) is 9.80 Å². The molecule has 3 heterocycles. The molecule has 2 unspecified atom stereocenters. The fourth-order valence-corrected chi connectivity index (χ4v) is 2.44. The van der Waals surface area contributed by atoms with Gasteiger partial charge in [-0.05, 0) is 13.8 Å². The van der Waals surface area contributed by atoms with E-state index in [1.54, 1.807) is 0 Å². The Kier molecular flexibility index (Phi) is 2.28. The summed E-state index contributed by atoms with van der Waals surface area (Å²) in [6, 6.07) is 0. The first-order valence-electron chi connectivity index (χ1n) is 5.84. The number of rotatable bonds is 4. The molecule has 3 saturated heterocycles. The van der Waals surface area contributed by atoms with Gasteiger partial charge in [0, 0.05) is 25.2 Å². The maximum Gasteiger partial charge on any atom is 0.0937 e. The highest BCUT2D eigenvalue weighted by Crippen LogP contribution is 2.27. The molecule has 3 rings (SSSR count). The number of hydrogen-bond acceptors (Lipinski definition) is 4. The molecule has 0 radical (unpaired) electrons. The van der Waals surface area contributed by atoms with Crippen LogP contribution in [-0.4, -0.2) is 67.1 Å². The average molecular weight is 212 g/mol. The summed E-state index contributed by atoms with van der Waals surface area (Å²) in [6.45, 7) is 11.0. The van der Waals surface area contributed by atoms with Crippen molar-refractivity contribution in [2.75, 3.05) is 39.5 Å². The van der Waals surface area contributed by atoms with Gasteiger partial charge in [-0.25, -0.2) is 0 Å². The van der Waals surface area contributed by atoms with Gasteiger partial charge in [0.05, 0.1) is 32.1 Å². The highest BCUT2D eigenvalue weighted by atomic mass is 16.6. The van der Waals surface area contributed by atoms with Crippen molar-refractivity contribution in [1.82, 2.24) is 9.80 Å². The van der Waals surface area contributed by atoms with Crippen LogP contribution in [0.5, 0.6) is 0 Å². The summed E-state index contributed by atoms with van der Waals surface area (Å²) in [5.74, 6) is 0. The molecule has 0 saturated carbocycles. The quantitative estimate of drug-likeness (QED) is 0.620. The van der Waals surface area contributed by atoms with Crippen molar-refractivity contribution in [3.8, 4) is 0 Å². The van der Waals surface area contributed by atoms with E-state index in [9.17, 15) is 0 Å². The third kappa shape index (κ3) is 2.33. The second-order valence-corrected chi connectivity index (χ2v) is 5.60. The minimum Gasteiger partial charge on any atom is -0.372 e. The number of hydrogen-bond donors (Lipinski definition) is 0. The van der Waals surface area contributed by atoms with Crippen LogP contribution in [-0.2, 0) is 9.47 Å². The minimum absolute atomic E-state index is 0.292. The zero-order valence-electron chi connectivity index (χ0n) is 9.61. The van der Waals surface area contributed by atoms with Gasteiger partial charge in [-0.15, -0.1) is 0 Å². The molecule has 0 aromatic carbocycles. The van der Waals surface area contributed by atoms with Crippen LogP contribution in [0.15, 0.2) is 0 Å². The van der Waals surface area contributed by atoms with Crippen molar-refractivity contribution in [2.24, 2.45) is 0 Å². The molecule has 4 heteroatoms. The van der Waals surface area contributed by atoms with E-state index in [4.69, 9.17) is 9.47 Å². The summed E-state index contributed by atoms with van der Waals surface area (Å²) in [5, 5.41) is 0. The molecule has 3 aliphatic rings. The monoisotopic (exact) mass is 212 g/mol. The van der Waals surface area contributed by atoms with Crippen LogP contribution >= 0.6 is 0 Å². The molecule has 0 spiro atoms. The second-order valence-electron chi connectivity index (χ2n) is 5.60. The number of epoxide rings is 2. The maximum absolute atomic E-state index is 5.31. The van der Waals surface area contributed by atoms with Gasteiger partial charge in [-0.1, -0.05) is 0 Å². The van der Waals surface area contributed by atoms with Gasteiger partial charge >= 0.3 is 0 Å². The smallest absolute Gasteiger partial charge is 0.0937 e. The summed E-state index contributed by atoms with van der Waals surface area (Å²) in [7, 11) is 0.